The molecule has 1 aliphatic rings. The van der Waals surface area contributed by atoms with Gasteiger partial charge in [-0.3, -0.25) is 4.98 Å². The maximum Gasteiger partial charge on any atom is 0.407 e. The van der Waals surface area contributed by atoms with Crippen molar-refractivity contribution in [2.45, 2.75) is 79.1 Å². The molecular weight excluding hydrogens is 356 g/mol. The first-order valence-corrected chi connectivity index (χ1v) is 10.2. The maximum absolute atomic E-state index is 12.6. The number of rotatable bonds is 5. The molecule has 1 aliphatic carbocycles. The largest absolute Gasteiger partial charge is 0.458 e. The van der Waals surface area contributed by atoms with Crippen molar-refractivity contribution in [2.75, 3.05) is 0 Å². The molecule has 28 heavy (non-hydrogen) atoms. The van der Waals surface area contributed by atoms with E-state index in [1.165, 1.54) is 12.6 Å². The number of carbonyl (C=O) groups is 2. The van der Waals surface area contributed by atoms with Crippen LogP contribution in [0.1, 0.15) is 76.9 Å². The summed E-state index contributed by atoms with van der Waals surface area (Å²) >= 11 is 0. The van der Waals surface area contributed by atoms with Crippen molar-refractivity contribution < 1.29 is 19.1 Å². The number of carbonyl (C=O) groups excluding carboxylic acids is 2. The van der Waals surface area contributed by atoms with Crippen LogP contribution in [0.2, 0.25) is 0 Å². The van der Waals surface area contributed by atoms with Crippen LogP contribution >= 0.6 is 0 Å². The summed E-state index contributed by atoms with van der Waals surface area (Å²) < 4.78 is 11.0. The second kappa shape index (κ2) is 9.39. The average molecular weight is 391 g/mol. The van der Waals surface area contributed by atoms with E-state index < -0.39 is 11.7 Å². The Bertz CT molecular complexity index is 664. The molecule has 6 heteroatoms. The third-order valence-corrected chi connectivity index (χ3v) is 5.09. The van der Waals surface area contributed by atoms with Crippen molar-refractivity contribution in [1.82, 2.24) is 10.3 Å². The zero-order chi connectivity index (χ0) is 20.9. The van der Waals surface area contributed by atoms with Crippen LogP contribution in [0.5, 0.6) is 0 Å². The lowest BCUT2D eigenvalue weighted by molar-refractivity contribution is -0.0174. The highest BCUT2D eigenvalue weighted by molar-refractivity contribution is 5.89. The highest BCUT2D eigenvalue weighted by Crippen LogP contribution is 2.35. The van der Waals surface area contributed by atoms with E-state index in [-0.39, 0.29) is 18.6 Å². The summed E-state index contributed by atoms with van der Waals surface area (Å²) in [6.07, 6.45) is 4.18. The first-order chi connectivity index (χ1) is 13.0. The highest BCUT2D eigenvalue weighted by atomic mass is 16.6. The number of nitrogens with one attached hydrogen (secondary N) is 1. The number of pyridine rings is 1. The van der Waals surface area contributed by atoms with Crippen LogP contribution in [-0.2, 0) is 16.0 Å². The summed E-state index contributed by atoms with van der Waals surface area (Å²) in [4.78, 5) is 28.5. The number of nitrogens with zero attached hydrogens (tertiary/aromatic N) is 1. The number of ether oxygens (including phenoxy) is 2. The van der Waals surface area contributed by atoms with E-state index >= 15 is 0 Å². The Morgan fingerprint density at radius 1 is 1.25 bits per heavy atom. The van der Waals surface area contributed by atoms with Gasteiger partial charge in [0.1, 0.15) is 11.7 Å². The predicted molar refractivity (Wildman–Crippen MR) is 108 cm³/mol. The molecule has 0 radical (unpaired) electrons. The number of hydrogen-bond donors (Lipinski definition) is 1. The lowest BCUT2D eigenvalue weighted by Crippen LogP contribution is -2.35. The Hall–Kier alpha value is -2.11. The van der Waals surface area contributed by atoms with Gasteiger partial charge in [0, 0.05) is 6.20 Å². The van der Waals surface area contributed by atoms with Crippen LogP contribution in [0.3, 0.4) is 0 Å². The molecule has 1 saturated carbocycles. The molecule has 1 fully saturated rings. The van der Waals surface area contributed by atoms with E-state index in [1.807, 2.05) is 20.8 Å². The first kappa shape index (κ1) is 22.2. The molecule has 156 valence electrons. The summed E-state index contributed by atoms with van der Waals surface area (Å²) in [6.45, 7) is 12.3. The van der Waals surface area contributed by atoms with Crippen molar-refractivity contribution in [3.8, 4) is 0 Å². The molecule has 1 amide bonds. The van der Waals surface area contributed by atoms with Crippen molar-refractivity contribution in [3.05, 3.63) is 29.6 Å². The molecule has 6 nitrogen and oxygen atoms in total. The monoisotopic (exact) mass is 390 g/mol. The molecule has 0 unspecified atom stereocenters. The number of hydrogen-bond acceptors (Lipinski definition) is 5. The minimum Gasteiger partial charge on any atom is -0.458 e. The van der Waals surface area contributed by atoms with Gasteiger partial charge in [0.05, 0.1) is 17.8 Å². The van der Waals surface area contributed by atoms with Gasteiger partial charge in [-0.15, -0.1) is 0 Å². The van der Waals surface area contributed by atoms with Gasteiger partial charge >= 0.3 is 12.1 Å². The molecular formula is C22H34N2O4. The van der Waals surface area contributed by atoms with Gasteiger partial charge in [0.25, 0.3) is 0 Å². The van der Waals surface area contributed by atoms with Gasteiger partial charge in [-0.25, -0.2) is 9.59 Å². The van der Waals surface area contributed by atoms with E-state index in [1.54, 1.807) is 12.1 Å². The minimum atomic E-state index is -0.546. The van der Waals surface area contributed by atoms with E-state index in [4.69, 9.17) is 9.47 Å². The zero-order valence-electron chi connectivity index (χ0n) is 18.0. The standard InChI is InChI=1S/C22H34N2O4/c1-14(2)18-10-7-15(3)11-19(18)27-20(25)16-8-9-17(23-12-16)13-24-21(26)28-22(4,5)6/h8-9,12,14-15,18-19H,7,10-11,13H2,1-6H3,(H,24,26)/t15-,18-,19+/m1/s1. The second-order valence-electron chi connectivity index (χ2n) is 9.16. The molecule has 0 spiro atoms. The lowest BCUT2D eigenvalue weighted by Gasteiger charge is -2.36. The minimum absolute atomic E-state index is 0.0373. The van der Waals surface area contributed by atoms with E-state index in [2.05, 4.69) is 31.1 Å². The molecule has 1 aromatic heterocycles. The molecule has 0 aromatic carbocycles. The van der Waals surface area contributed by atoms with E-state index in [9.17, 15) is 9.59 Å². The normalized spacial score (nSPS) is 22.6. The number of alkyl carbamates (subject to hydrolysis) is 1. The average Bonchev–Trinajstić information content (AvgIpc) is 2.58. The third kappa shape index (κ3) is 6.80. The molecule has 1 heterocycles. The molecule has 0 saturated heterocycles. The Kier molecular flexibility index (Phi) is 7.44. The third-order valence-electron chi connectivity index (χ3n) is 5.09. The smallest absolute Gasteiger partial charge is 0.407 e. The Labute approximate surface area is 168 Å². The topological polar surface area (TPSA) is 77.5 Å². The summed E-state index contributed by atoms with van der Waals surface area (Å²) in [5.41, 5.74) is 0.533. The molecule has 1 N–H and O–H groups in total. The number of aromatic nitrogens is 1. The molecule has 0 aliphatic heterocycles. The quantitative estimate of drug-likeness (QED) is 0.736. The SMILES string of the molecule is CC(C)[C@H]1CC[C@@H](C)C[C@@H]1OC(=O)c1ccc(CNC(=O)OC(C)(C)C)nc1. The van der Waals surface area contributed by atoms with Crippen LogP contribution in [0, 0.1) is 17.8 Å². The summed E-state index contributed by atoms with van der Waals surface area (Å²) in [6, 6.07) is 3.41. The summed E-state index contributed by atoms with van der Waals surface area (Å²) in [5, 5.41) is 2.65. The van der Waals surface area contributed by atoms with Crippen molar-refractivity contribution in [1.29, 1.82) is 0 Å². The van der Waals surface area contributed by atoms with Crippen molar-refractivity contribution in [3.63, 3.8) is 0 Å². The highest BCUT2D eigenvalue weighted by Gasteiger charge is 2.33. The Balaban J connectivity index is 1.91. The number of esters is 1. The van der Waals surface area contributed by atoms with Crippen LogP contribution < -0.4 is 5.32 Å². The van der Waals surface area contributed by atoms with E-state index in [0.29, 0.717) is 29.0 Å². The van der Waals surface area contributed by atoms with Gasteiger partial charge < -0.3 is 14.8 Å². The predicted octanol–water partition coefficient (Wildman–Crippen LogP) is 4.72. The second-order valence-corrected chi connectivity index (χ2v) is 9.16. The lowest BCUT2D eigenvalue weighted by atomic mass is 9.75. The van der Waals surface area contributed by atoms with Crippen LogP contribution in [0.25, 0.3) is 0 Å². The fraction of sp³-hybridized carbons (Fsp3) is 0.682. The van der Waals surface area contributed by atoms with Crippen LogP contribution in [0.15, 0.2) is 18.3 Å². The molecule has 2 rings (SSSR count). The molecule has 1 aromatic rings. The van der Waals surface area contributed by atoms with Gasteiger partial charge in [-0.1, -0.05) is 27.2 Å². The van der Waals surface area contributed by atoms with Crippen LogP contribution in [0.4, 0.5) is 4.79 Å². The fourth-order valence-corrected chi connectivity index (χ4v) is 3.58. The molecule has 3 atom stereocenters. The van der Waals surface area contributed by atoms with Gasteiger partial charge in [-0.05, 0) is 63.5 Å². The van der Waals surface area contributed by atoms with Gasteiger partial charge in [-0.2, -0.15) is 0 Å². The fourth-order valence-electron chi connectivity index (χ4n) is 3.58. The first-order valence-electron chi connectivity index (χ1n) is 10.2. The maximum atomic E-state index is 12.6. The van der Waals surface area contributed by atoms with Crippen molar-refractivity contribution >= 4 is 12.1 Å². The Morgan fingerprint density at radius 3 is 2.54 bits per heavy atom. The van der Waals surface area contributed by atoms with Crippen molar-refractivity contribution in [2.24, 2.45) is 17.8 Å². The van der Waals surface area contributed by atoms with Crippen LogP contribution in [-0.4, -0.2) is 28.8 Å². The van der Waals surface area contributed by atoms with E-state index in [0.717, 1.165) is 12.8 Å². The zero-order valence-corrected chi connectivity index (χ0v) is 18.0. The molecule has 0 bridgehead atoms. The van der Waals surface area contributed by atoms with Gasteiger partial charge in [0.2, 0.25) is 0 Å². The Morgan fingerprint density at radius 2 is 1.96 bits per heavy atom. The number of amides is 1. The summed E-state index contributed by atoms with van der Waals surface area (Å²) in [7, 11) is 0. The summed E-state index contributed by atoms with van der Waals surface area (Å²) in [5.74, 6) is 1.14. The van der Waals surface area contributed by atoms with Gasteiger partial charge in [0.15, 0.2) is 0 Å².